The van der Waals surface area contributed by atoms with Crippen molar-refractivity contribution >= 4 is 23.0 Å². The number of nitrogen functional groups attached to an aromatic ring is 1. The minimum Gasteiger partial charge on any atom is -0.497 e. The standard InChI is InChI=1S/C12H12N2O3S/c1-16-8-2-3-11(13)10(4-8)12(15)17-6-9-5-14-7-18-9/h2-5,7H,6,13H2,1H3. The molecule has 5 nitrogen and oxygen atoms in total. The lowest BCUT2D eigenvalue weighted by molar-refractivity contribution is 0.0477. The van der Waals surface area contributed by atoms with E-state index < -0.39 is 5.97 Å². The van der Waals surface area contributed by atoms with Gasteiger partial charge in [-0.05, 0) is 18.2 Å². The average Bonchev–Trinajstić information content (AvgIpc) is 2.89. The number of thiazole rings is 1. The fourth-order valence-electron chi connectivity index (χ4n) is 1.37. The first-order valence-corrected chi connectivity index (χ1v) is 6.06. The van der Waals surface area contributed by atoms with Gasteiger partial charge < -0.3 is 15.2 Å². The molecule has 0 atom stereocenters. The number of nitrogens with two attached hydrogens (primary N) is 1. The smallest absolute Gasteiger partial charge is 0.340 e. The Bertz CT molecular complexity index is 540. The Kier molecular flexibility index (Phi) is 3.78. The molecule has 2 N–H and O–H groups in total. The number of anilines is 1. The van der Waals surface area contributed by atoms with Crippen molar-refractivity contribution < 1.29 is 14.3 Å². The largest absolute Gasteiger partial charge is 0.497 e. The highest BCUT2D eigenvalue weighted by molar-refractivity contribution is 7.09. The molecule has 0 aliphatic heterocycles. The van der Waals surface area contributed by atoms with Gasteiger partial charge in [0.15, 0.2) is 0 Å². The summed E-state index contributed by atoms with van der Waals surface area (Å²) in [6.07, 6.45) is 1.66. The first kappa shape index (κ1) is 12.4. The van der Waals surface area contributed by atoms with Gasteiger partial charge in [0, 0.05) is 11.9 Å². The highest BCUT2D eigenvalue weighted by atomic mass is 32.1. The lowest BCUT2D eigenvalue weighted by Gasteiger charge is -2.07. The summed E-state index contributed by atoms with van der Waals surface area (Å²) in [5.74, 6) is 0.0914. The third-order valence-electron chi connectivity index (χ3n) is 2.31. The maximum Gasteiger partial charge on any atom is 0.340 e. The van der Waals surface area contributed by atoms with Crippen LogP contribution in [0.15, 0.2) is 29.9 Å². The van der Waals surface area contributed by atoms with Crippen LogP contribution in [0.2, 0.25) is 0 Å². The summed E-state index contributed by atoms with van der Waals surface area (Å²) < 4.78 is 10.2. The number of benzene rings is 1. The van der Waals surface area contributed by atoms with E-state index in [4.69, 9.17) is 15.2 Å². The first-order chi connectivity index (χ1) is 8.70. The second-order valence-electron chi connectivity index (χ2n) is 3.50. The number of rotatable bonds is 4. The van der Waals surface area contributed by atoms with Crippen molar-refractivity contribution in [3.05, 3.63) is 40.3 Å². The summed E-state index contributed by atoms with van der Waals surface area (Å²) in [5.41, 5.74) is 8.08. The fourth-order valence-corrected chi connectivity index (χ4v) is 1.87. The van der Waals surface area contributed by atoms with Gasteiger partial charge in [-0.15, -0.1) is 11.3 Å². The van der Waals surface area contributed by atoms with Crippen LogP contribution in [0.4, 0.5) is 5.69 Å². The molecule has 0 spiro atoms. The van der Waals surface area contributed by atoms with Crippen LogP contribution >= 0.6 is 11.3 Å². The highest BCUT2D eigenvalue weighted by Gasteiger charge is 2.13. The van der Waals surface area contributed by atoms with Gasteiger partial charge in [0.25, 0.3) is 0 Å². The van der Waals surface area contributed by atoms with Gasteiger partial charge in [0.05, 0.1) is 23.1 Å². The van der Waals surface area contributed by atoms with Gasteiger partial charge >= 0.3 is 5.97 Å². The summed E-state index contributed by atoms with van der Waals surface area (Å²) in [7, 11) is 1.53. The topological polar surface area (TPSA) is 74.4 Å². The summed E-state index contributed by atoms with van der Waals surface area (Å²) in [6, 6.07) is 4.86. The number of aromatic nitrogens is 1. The highest BCUT2D eigenvalue weighted by Crippen LogP contribution is 2.21. The molecule has 1 heterocycles. The Hall–Kier alpha value is -2.08. The van der Waals surface area contributed by atoms with E-state index >= 15 is 0 Å². The van der Waals surface area contributed by atoms with E-state index in [9.17, 15) is 4.79 Å². The Morgan fingerprint density at radius 1 is 1.50 bits per heavy atom. The molecular formula is C12H12N2O3S. The third-order valence-corrected chi connectivity index (χ3v) is 3.06. The molecular weight excluding hydrogens is 252 g/mol. The van der Waals surface area contributed by atoms with Crippen molar-refractivity contribution in [1.29, 1.82) is 0 Å². The SMILES string of the molecule is COc1ccc(N)c(C(=O)OCc2cncs2)c1. The van der Waals surface area contributed by atoms with Crippen LogP contribution in [0, 0.1) is 0 Å². The molecule has 94 valence electrons. The van der Waals surface area contributed by atoms with E-state index in [2.05, 4.69) is 4.98 Å². The average molecular weight is 264 g/mol. The maximum absolute atomic E-state index is 11.9. The number of hydrogen-bond donors (Lipinski definition) is 1. The van der Waals surface area contributed by atoms with E-state index in [0.717, 1.165) is 4.88 Å². The molecule has 1 aromatic heterocycles. The molecule has 0 amide bonds. The number of carbonyl (C=O) groups is 1. The van der Waals surface area contributed by atoms with Crippen molar-refractivity contribution in [2.75, 3.05) is 12.8 Å². The van der Waals surface area contributed by atoms with Gasteiger partial charge in [-0.2, -0.15) is 0 Å². The second kappa shape index (κ2) is 5.50. The number of esters is 1. The number of hydrogen-bond acceptors (Lipinski definition) is 6. The van der Waals surface area contributed by atoms with E-state index in [1.54, 1.807) is 29.9 Å². The van der Waals surface area contributed by atoms with Crippen molar-refractivity contribution in [3.63, 3.8) is 0 Å². The normalized spacial score (nSPS) is 10.1. The molecule has 6 heteroatoms. The van der Waals surface area contributed by atoms with Crippen molar-refractivity contribution in [3.8, 4) is 5.75 Å². The van der Waals surface area contributed by atoms with Gasteiger partial charge in [0.2, 0.25) is 0 Å². The van der Waals surface area contributed by atoms with Gasteiger partial charge in [-0.1, -0.05) is 0 Å². The van der Waals surface area contributed by atoms with Crippen molar-refractivity contribution in [2.24, 2.45) is 0 Å². The summed E-state index contributed by atoms with van der Waals surface area (Å²) >= 11 is 1.43. The first-order valence-electron chi connectivity index (χ1n) is 5.18. The molecule has 0 aliphatic rings. The van der Waals surface area contributed by atoms with Crippen molar-refractivity contribution in [1.82, 2.24) is 4.98 Å². The minimum absolute atomic E-state index is 0.195. The summed E-state index contributed by atoms with van der Waals surface area (Å²) in [4.78, 5) is 16.6. The number of nitrogens with zero attached hydrogens (tertiary/aromatic N) is 1. The van der Waals surface area contributed by atoms with Gasteiger partial charge in [-0.3, -0.25) is 4.98 Å². The van der Waals surface area contributed by atoms with Crippen LogP contribution in [0.3, 0.4) is 0 Å². The lowest BCUT2D eigenvalue weighted by Crippen LogP contribution is -2.08. The monoisotopic (exact) mass is 264 g/mol. The summed E-state index contributed by atoms with van der Waals surface area (Å²) in [5, 5.41) is 0. The molecule has 2 aromatic rings. The van der Waals surface area contributed by atoms with Crippen LogP contribution in [0.25, 0.3) is 0 Å². The number of carbonyl (C=O) groups excluding carboxylic acids is 1. The zero-order valence-electron chi connectivity index (χ0n) is 9.75. The number of ether oxygens (including phenoxy) is 2. The number of methoxy groups -OCH3 is 1. The maximum atomic E-state index is 11.9. The molecule has 0 bridgehead atoms. The van der Waals surface area contributed by atoms with E-state index in [-0.39, 0.29) is 6.61 Å². The van der Waals surface area contributed by atoms with E-state index in [1.165, 1.54) is 18.4 Å². The van der Waals surface area contributed by atoms with Crippen molar-refractivity contribution in [2.45, 2.75) is 6.61 Å². The molecule has 2 rings (SSSR count). The van der Waals surface area contributed by atoms with Gasteiger partial charge in [-0.25, -0.2) is 4.79 Å². The molecule has 1 aromatic carbocycles. The van der Waals surface area contributed by atoms with Crippen LogP contribution in [-0.4, -0.2) is 18.1 Å². The Balaban J connectivity index is 2.08. The fraction of sp³-hybridized carbons (Fsp3) is 0.167. The van der Waals surface area contributed by atoms with Gasteiger partial charge in [0.1, 0.15) is 12.4 Å². The predicted molar refractivity (Wildman–Crippen MR) is 68.6 cm³/mol. The van der Waals surface area contributed by atoms with Crippen LogP contribution in [-0.2, 0) is 11.3 Å². The van der Waals surface area contributed by atoms with E-state index in [1.807, 2.05) is 0 Å². The molecule has 0 saturated heterocycles. The predicted octanol–water partition coefficient (Wildman–Crippen LogP) is 2.09. The Morgan fingerprint density at radius 3 is 3.00 bits per heavy atom. The third kappa shape index (κ3) is 2.78. The molecule has 0 saturated carbocycles. The zero-order valence-corrected chi connectivity index (χ0v) is 10.6. The Labute approximate surface area is 108 Å². The molecule has 0 aliphatic carbocycles. The molecule has 0 fully saturated rings. The zero-order chi connectivity index (χ0) is 13.0. The van der Waals surface area contributed by atoms with Crippen LogP contribution < -0.4 is 10.5 Å². The minimum atomic E-state index is -0.472. The van der Waals surface area contributed by atoms with Crippen LogP contribution in [0.5, 0.6) is 5.75 Å². The second-order valence-corrected chi connectivity index (χ2v) is 4.47. The summed E-state index contributed by atoms with van der Waals surface area (Å²) in [6.45, 7) is 0.195. The molecule has 0 radical (unpaired) electrons. The Morgan fingerprint density at radius 2 is 2.33 bits per heavy atom. The lowest BCUT2D eigenvalue weighted by atomic mass is 10.2. The molecule has 0 unspecified atom stereocenters. The van der Waals surface area contributed by atoms with Crippen LogP contribution in [0.1, 0.15) is 15.2 Å². The van der Waals surface area contributed by atoms with E-state index in [0.29, 0.717) is 17.0 Å². The molecule has 18 heavy (non-hydrogen) atoms. The quantitative estimate of drug-likeness (QED) is 0.676.